The minimum absolute atomic E-state index is 0.0199. The first kappa shape index (κ1) is 22.1. The molecule has 2 aromatic carbocycles. The molecule has 0 saturated heterocycles. The Hall–Kier alpha value is -3.72. The van der Waals surface area contributed by atoms with Gasteiger partial charge in [0.15, 0.2) is 16.9 Å². The molecule has 0 spiro atoms. The number of carbonyl (C=O) groups excluding carboxylic acids is 1. The summed E-state index contributed by atoms with van der Waals surface area (Å²) < 4.78 is 17.3. The maximum absolute atomic E-state index is 13.8. The van der Waals surface area contributed by atoms with Crippen LogP contribution in [0.25, 0.3) is 11.0 Å². The number of aryl methyl sites for hydroxylation is 3. The van der Waals surface area contributed by atoms with Gasteiger partial charge in [-0.2, -0.15) is 0 Å². The average molecular weight is 478 g/mol. The van der Waals surface area contributed by atoms with Crippen LogP contribution in [0, 0.1) is 20.8 Å². The summed E-state index contributed by atoms with van der Waals surface area (Å²) >= 11 is 1.28. The molecule has 174 valence electrons. The van der Waals surface area contributed by atoms with Gasteiger partial charge in [0.1, 0.15) is 10.6 Å². The van der Waals surface area contributed by atoms with E-state index in [4.69, 9.17) is 13.9 Å². The number of aromatic nitrogens is 2. The van der Waals surface area contributed by atoms with E-state index >= 15 is 0 Å². The lowest BCUT2D eigenvalue weighted by Gasteiger charge is -2.23. The van der Waals surface area contributed by atoms with Crippen molar-refractivity contribution in [2.24, 2.45) is 0 Å². The van der Waals surface area contributed by atoms with Crippen molar-refractivity contribution in [1.29, 1.82) is 0 Å². The van der Waals surface area contributed by atoms with Crippen LogP contribution in [0.3, 0.4) is 0 Å². The molecule has 3 heterocycles. The van der Waals surface area contributed by atoms with Crippen molar-refractivity contribution in [3.05, 3.63) is 73.6 Å². The van der Waals surface area contributed by atoms with Crippen LogP contribution < -0.4 is 19.8 Å². The summed E-state index contributed by atoms with van der Waals surface area (Å²) in [5.41, 5.74) is 3.05. The molecule has 8 nitrogen and oxygen atoms in total. The summed E-state index contributed by atoms with van der Waals surface area (Å²) in [6, 6.07) is 8.25. The van der Waals surface area contributed by atoms with Crippen LogP contribution in [-0.2, 0) is 0 Å². The Balaban J connectivity index is 1.79. The SMILES string of the molecule is CCOc1ccc(C2c3c(oc4cc(C)c(C)cc4c3=O)C(=O)N2c2nnc(C)s2)cc1OC. The number of ether oxygens (including phenoxy) is 2. The third-order valence-corrected chi connectivity index (χ3v) is 6.85. The highest BCUT2D eigenvalue weighted by molar-refractivity contribution is 7.15. The quantitative estimate of drug-likeness (QED) is 0.410. The lowest BCUT2D eigenvalue weighted by molar-refractivity contribution is 0.0970. The first-order valence-corrected chi connectivity index (χ1v) is 11.7. The van der Waals surface area contributed by atoms with Gasteiger partial charge in [0.25, 0.3) is 5.91 Å². The van der Waals surface area contributed by atoms with Gasteiger partial charge in [-0.25, -0.2) is 0 Å². The topological polar surface area (TPSA) is 94.8 Å². The number of anilines is 1. The van der Waals surface area contributed by atoms with E-state index in [0.29, 0.717) is 44.8 Å². The van der Waals surface area contributed by atoms with Crippen LogP contribution in [-0.4, -0.2) is 29.8 Å². The van der Waals surface area contributed by atoms with Crippen molar-refractivity contribution in [3.63, 3.8) is 0 Å². The molecule has 0 bridgehead atoms. The van der Waals surface area contributed by atoms with Gasteiger partial charge in [-0.3, -0.25) is 14.5 Å². The van der Waals surface area contributed by atoms with Gasteiger partial charge >= 0.3 is 0 Å². The summed E-state index contributed by atoms with van der Waals surface area (Å²) in [6.07, 6.45) is 0. The zero-order valence-corrected chi connectivity index (χ0v) is 20.3. The number of benzene rings is 2. The van der Waals surface area contributed by atoms with Gasteiger partial charge in [-0.15, -0.1) is 10.2 Å². The Morgan fingerprint density at radius 3 is 2.50 bits per heavy atom. The highest BCUT2D eigenvalue weighted by Crippen LogP contribution is 2.44. The summed E-state index contributed by atoms with van der Waals surface area (Å²) in [4.78, 5) is 28.9. The molecule has 9 heteroatoms. The van der Waals surface area contributed by atoms with Crippen LogP contribution in [0.1, 0.15) is 50.8 Å². The molecule has 0 N–H and O–H groups in total. The third kappa shape index (κ3) is 3.35. The molecule has 1 atom stereocenters. The summed E-state index contributed by atoms with van der Waals surface area (Å²) in [5, 5.41) is 9.81. The highest BCUT2D eigenvalue weighted by Gasteiger charge is 2.45. The van der Waals surface area contributed by atoms with Gasteiger partial charge in [-0.05, 0) is 68.7 Å². The molecule has 0 radical (unpaired) electrons. The molecule has 34 heavy (non-hydrogen) atoms. The number of nitrogens with zero attached hydrogens (tertiary/aromatic N) is 3. The van der Waals surface area contributed by atoms with Crippen LogP contribution in [0.4, 0.5) is 5.13 Å². The normalized spacial score (nSPS) is 15.1. The molecular formula is C25H23N3O5S. The molecular weight excluding hydrogens is 454 g/mol. The number of hydrogen-bond acceptors (Lipinski definition) is 8. The van der Waals surface area contributed by atoms with E-state index in [0.717, 1.165) is 11.1 Å². The fraction of sp³-hybridized carbons (Fsp3) is 0.280. The maximum atomic E-state index is 13.8. The monoisotopic (exact) mass is 477 g/mol. The van der Waals surface area contributed by atoms with E-state index in [1.54, 1.807) is 25.3 Å². The van der Waals surface area contributed by atoms with E-state index < -0.39 is 11.9 Å². The molecule has 5 rings (SSSR count). The second kappa shape index (κ2) is 8.25. The van der Waals surface area contributed by atoms with E-state index in [1.807, 2.05) is 39.8 Å². The van der Waals surface area contributed by atoms with Gasteiger partial charge in [0.05, 0.1) is 30.7 Å². The molecule has 0 saturated carbocycles. The van der Waals surface area contributed by atoms with E-state index in [2.05, 4.69) is 10.2 Å². The lowest BCUT2D eigenvalue weighted by atomic mass is 9.97. The number of carbonyl (C=O) groups is 1. The summed E-state index contributed by atoms with van der Waals surface area (Å²) in [5.74, 6) is 0.672. The second-order valence-electron chi connectivity index (χ2n) is 8.13. The van der Waals surface area contributed by atoms with Crippen molar-refractivity contribution < 1.29 is 18.7 Å². The van der Waals surface area contributed by atoms with Gasteiger partial charge in [0.2, 0.25) is 10.9 Å². The minimum Gasteiger partial charge on any atom is -0.493 e. The first-order chi connectivity index (χ1) is 16.3. The Morgan fingerprint density at radius 2 is 1.82 bits per heavy atom. The Labute approximate surface area is 199 Å². The number of hydrogen-bond donors (Lipinski definition) is 0. The van der Waals surface area contributed by atoms with Crippen LogP contribution in [0.15, 0.2) is 39.5 Å². The van der Waals surface area contributed by atoms with Gasteiger partial charge in [0, 0.05) is 0 Å². The second-order valence-corrected chi connectivity index (χ2v) is 9.29. The molecule has 2 aromatic heterocycles. The maximum Gasteiger partial charge on any atom is 0.297 e. The molecule has 1 aliphatic heterocycles. The summed E-state index contributed by atoms with van der Waals surface area (Å²) in [6.45, 7) is 8.06. The third-order valence-electron chi connectivity index (χ3n) is 6.01. The zero-order valence-electron chi connectivity index (χ0n) is 19.5. The van der Waals surface area contributed by atoms with E-state index in [1.165, 1.54) is 16.2 Å². The lowest BCUT2D eigenvalue weighted by Crippen LogP contribution is -2.29. The van der Waals surface area contributed by atoms with E-state index in [9.17, 15) is 9.59 Å². The Morgan fingerprint density at radius 1 is 1.06 bits per heavy atom. The van der Waals surface area contributed by atoms with Crippen molar-refractivity contribution in [2.75, 3.05) is 18.6 Å². The Bertz CT molecular complexity index is 1510. The van der Waals surface area contributed by atoms with Gasteiger partial charge in [-0.1, -0.05) is 17.4 Å². The molecule has 1 aliphatic rings. The minimum atomic E-state index is -0.748. The summed E-state index contributed by atoms with van der Waals surface area (Å²) in [7, 11) is 1.55. The van der Waals surface area contributed by atoms with Crippen LogP contribution >= 0.6 is 11.3 Å². The van der Waals surface area contributed by atoms with Crippen LogP contribution in [0.5, 0.6) is 11.5 Å². The van der Waals surface area contributed by atoms with Gasteiger partial charge < -0.3 is 13.9 Å². The van der Waals surface area contributed by atoms with Crippen molar-refractivity contribution in [3.8, 4) is 11.5 Å². The highest BCUT2D eigenvalue weighted by atomic mass is 32.1. The molecule has 4 aromatic rings. The fourth-order valence-electron chi connectivity index (χ4n) is 4.25. The number of fused-ring (bicyclic) bond motifs is 2. The van der Waals surface area contributed by atoms with Crippen molar-refractivity contribution in [2.45, 2.75) is 33.7 Å². The van der Waals surface area contributed by atoms with E-state index in [-0.39, 0.29) is 16.8 Å². The van der Waals surface area contributed by atoms with Crippen molar-refractivity contribution in [1.82, 2.24) is 10.2 Å². The Kier molecular flexibility index (Phi) is 5.36. The molecule has 1 amide bonds. The smallest absolute Gasteiger partial charge is 0.297 e. The fourth-order valence-corrected chi connectivity index (χ4v) is 4.97. The van der Waals surface area contributed by atoms with Crippen LogP contribution in [0.2, 0.25) is 0 Å². The predicted octanol–water partition coefficient (Wildman–Crippen LogP) is 4.73. The zero-order chi connectivity index (χ0) is 24.1. The molecule has 1 unspecified atom stereocenters. The first-order valence-electron chi connectivity index (χ1n) is 10.9. The number of amides is 1. The molecule has 0 fully saturated rings. The average Bonchev–Trinajstić information content (AvgIpc) is 3.36. The predicted molar refractivity (Wildman–Crippen MR) is 129 cm³/mol. The number of methoxy groups -OCH3 is 1. The molecule has 0 aliphatic carbocycles. The number of rotatable bonds is 5. The van der Waals surface area contributed by atoms with Crippen molar-refractivity contribution >= 4 is 33.3 Å². The largest absolute Gasteiger partial charge is 0.493 e. The standard InChI is InChI=1S/C25H23N3O5S/c1-6-32-17-8-7-15(11-19(17)31-5)21-20-22(29)16-9-12(2)13(3)10-18(16)33-23(20)24(30)28(21)25-27-26-14(4)34-25/h7-11,21H,6H2,1-5H3.